The first-order valence-electron chi connectivity index (χ1n) is 9.46. The third kappa shape index (κ3) is 3.45. The van der Waals surface area contributed by atoms with Gasteiger partial charge in [0.05, 0.1) is 16.1 Å². The van der Waals surface area contributed by atoms with Gasteiger partial charge < -0.3 is 9.47 Å². The standard InChI is InChI=1S/C21H18ClF3N4O/c1-2-16-26-27-19-18(13-7-4-3-5-8-13)29(12-11-28(16)19)20(30)14-9-6-10-15(17(14)22)21(23,24)25/h3-10,18H,2,11-12H2,1H3/t18-/m0/s1. The van der Waals surface area contributed by atoms with Crippen molar-refractivity contribution in [2.75, 3.05) is 6.54 Å². The minimum absolute atomic E-state index is 0.184. The molecule has 30 heavy (non-hydrogen) atoms. The third-order valence-corrected chi connectivity index (χ3v) is 5.61. The Morgan fingerprint density at radius 2 is 1.83 bits per heavy atom. The maximum absolute atomic E-state index is 13.4. The molecule has 3 aromatic rings. The molecule has 0 saturated carbocycles. The van der Waals surface area contributed by atoms with Gasteiger partial charge in [0, 0.05) is 19.5 Å². The van der Waals surface area contributed by atoms with Crippen LogP contribution in [-0.4, -0.2) is 32.1 Å². The number of rotatable bonds is 3. The van der Waals surface area contributed by atoms with Crippen LogP contribution >= 0.6 is 11.6 Å². The Labute approximate surface area is 176 Å². The van der Waals surface area contributed by atoms with Gasteiger partial charge in [-0.05, 0) is 17.7 Å². The van der Waals surface area contributed by atoms with Gasteiger partial charge in [0.2, 0.25) is 0 Å². The number of hydrogen-bond acceptors (Lipinski definition) is 3. The number of benzene rings is 2. The highest BCUT2D eigenvalue weighted by Gasteiger charge is 2.39. The molecule has 4 rings (SSSR count). The Balaban J connectivity index is 1.81. The normalized spacial score (nSPS) is 16.4. The van der Waals surface area contributed by atoms with Crippen molar-refractivity contribution >= 4 is 17.5 Å². The van der Waals surface area contributed by atoms with Gasteiger partial charge in [-0.2, -0.15) is 13.2 Å². The summed E-state index contributed by atoms with van der Waals surface area (Å²) < 4.78 is 41.8. The summed E-state index contributed by atoms with van der Waals surface area (Å²) in [7, 11) is 0. The maximum Gasteiger partial charge on any atom is 0.417 e. The highest BCUT2D eigenvalue weighted by molar-refractivity contribution is 6.34. The molecule has 1 aliphatic rings. The summed E-state index contributed by atoms with van der Waals surface area (Å²) in [5.41, 5.74) is -0.416. The lowest BCUT2D eigenvalue weighted by atomic mass is 10.0. The zero-order valence-electron chi connectivity index (χ0n) is 16.0. The number of nitrogens with zero attached hydrogens (tertiary/aromatic N) is 4. The van der Waals surface area contributed by atoms with Crippen LogP contribution in [0.2, 0.25) is 5.02 Å². The summed E-state index contributed by atoms with van der Waals surface area (Å²) >= 11 is 6.03. The third-order valence-electron chi connectivity index (χ3n) is 5.20. The first-order chi connectivity index (χ1) is 14.3. The quantitative estimate of drug-likeness (QED) is 0.597. The summed E-state index contributed by atoms with van der Waals surface area (Å²) in [6.45, 7) is 2.72. The van der Waals surface area contributed by atoms with Crippen LogP contribution in [0.4, 0.5) is 13.2 Å². The number of carbonyl (C=O) groups is 1. The van der Waals surface area contributed by atoms with Crippen LogP contribution in [0.5, 0.6) is 0 Å². The predicted molar refractivity (Wildman–Crippen MR) is 105 cm³/mol. The zero-order chi connectivity index (χ0) is 21.5. The van der Waals surface area contributed by atoms with Gasteiger partial charge in [-0.3, -0.25) is 4.79 Å². The van der Waals surface area contributed by atoms with E-state index in [2.05, 4.69) is 10.2 Å². The zero-order valence-corrected chi connectivity index (χ0v) is 16.8. The van der Waals surface area contributed by atoms with Gasteiger partial charge >= 0.3 is 6.18 Å². The first kappa shape index (κ1) is 20.4. The van der Waals surface area contributed by atoms with E-state index < -0.39 is 28.7 Å². The molecule has 1 atom stereocenters. The van der Waals surface area contributed by atoms with Crippen molar-refractivity contribution in [3.63, 3.8) is 0 Å². The number of aryl methyl sites for hydroxylation is 1. The molecule has 2 aromatic carbocycles. The Morgan fingerprint density at radius 1 is 1.10 bits per heavy atom. The Bertz CT molecular complexity index is 1080. The van der Waals surface area contributed by atoms with Gasteiger partial charge in [-0.15, -0.1) is 10.2 Å². The highest BCUT2D eigenvalue weighted by atomic mass is 35.5. The average molecular weight is 435 g/mol. The van der Waals surface area contributed by atoms with Crippen LogP contribution in [0.25, 0.3) is 0 Å². The minimum Gasteiger partial charge on any atom is -0.322 e. The lowest BCUT2D eigenvalue weighted by Gasteiger charge is -2.36. The topological polar surface area (TPSA) is 51.0 Å². The van der Waals surface area contributed by atoms with Gasteiger partial charge in [0.25, 0.3) is 5.91 Å². The number of carbonyl (C=O) groups excluding carboxylic acids is 1. The molecular weight excluding hydrogens is 417 g/mol. The SMILES string of the molecule is CCc1nnc2n1CCN(C(=O)c1cccc(C(F)(F)F)c1Cl)[C@H]2c1ccccc1. The fraction of sp³-hybridized carbons (Fsp3) is 0.286. The molecule has 0 radical (unpaired) electrons. The average Bonchev–Trinajstić information content (AvgIpc) is 3.15. The maximum atomic E-state index is 13.4. The Hall–Kier alpha value is -2.87. The fourth-order valence-corrected chi connectivity index (χ4v) is 4.10. The monoisotopic (exact) mass is 434 g/mol. The van der Waals surface area contributed by atoms with E-state index in [0.717, 1.165) is 17.5 Å². The van der Waals surface area contributed by atoms with Crippen LogP contribution in [0, 0.1) is 0 Å². The molecule has 0 aliphatic carbocycles. The van der Waals surface area contributed by atoms with Crippen molar-refractivity contribution < 1.29 is 18.0 Å². The summed E-state index contributed by atoms with van der Waals surface area (Å²) in [5.74, 6) is 0.808. The molecule has 0 unspecified atom stereocenters. The van der Waals surface area contributed by atoms with E-state index in [1.807, 2.05) is 41.8 Å². The van der Waals surface area contributed by atoms with Crippen LogP contribution in [-0.2, 0) is 19.1 Å². The Kier molecular flexibility index (Phi) is 5.27. The predicted octanol–water partition coefficient (Wildman–Crippen LogP) is 4.76. The van der Waals surface area contributed by atoms with E-state index >= 15 is 0 Å². The van der Waals surface area contributed by atoms with Crippen molar-refractivity contribution in [1.82, 2.24) is 19.7 Å². The second kappa shape index (κ2) is 7.75. The summed E-state index contributed by atoms with van der Waals surface area (Å²) in [6, 6.07) is 12.0. The van der Waals surface area contributed by atoms with Crippen molar-refractivity contribution in [3.05, 3.63) is 81.9 Å². The molecule has 156 valence electrons. The van der Waals surface area contributed by atoms with Crippen LogP contribution in [0.1, 0.15) is 46.1 Å². The molecule has 0 fully saturated rings. The van der Waals surface area contributed by atoms with Crippen LogP contribution < -0.4 is 0 Å². The van der Waals surface area contributed by atoms with Crippen LogP contribution in [0.3, 0.4) is 0 Å². The highest BCUT2D eigenvalue weighted by Crippen LogP contribution is 2.38. The molecule has 1 aromatic heterocycles. The molecule has 1 amide bonds. The van der Waals surface area contributed by atoms with E-state index in [4.69, 9.17) is 11.6 Å². The van der Waals surface area contributed by atoms with Crippen molar-refractivity contribution in [1.29, 1.82) is 0 Å². The van der Waals surface area contributed by atoms with E-state index in [0.29, 0.717) is 25.3 Å². The molecule has 0 spiro atoms. The van der Waals surface area contributed by atoms with Crippen molar-refractivity contribution in [2.24, 2.45) is 0 Å². The van der Waals surface area contributed by atoms with E-state index in [9.17, 15) is 18.0 Å². The number of halogens is 4. The molecule has 0 bridgehead atoms. The molecule has 5 nitrogen and oxygen atoms in total. The van der Waals surface area contributed by atoms with Gasteiger partial charge in [0.1, 0.15) is 11.9 Å². The first-order valence-corrected chi connectivity index (χ1v) is 9.84. The second-order valence-corrected chi connectivity index (χ2v) is 7.33. The number of fused-ring (bicyclic) bond motifs is 1. The number of hydrogen-bond donors (Lipinski definition) is 0. The minimum atomic E-state index is -4.65. The van der Waals surface area contributed by atoms with E-state index in [-0.39, 0.29) is 5.56 Å². The fourth-order valence-electron chi connectivity index (χ4n) is 3.79. The summed E-state index contributed by atoms with van der Waals surface area (Å²) in [4.78, 5) is 14.9. The number of alkyl halides is 3. The number of aromatic nitrogens is 3. The summed E-state index contributed by atoms with van der Waals surface area (Å²) in [6.07, 6.45) is -3.97. The molecule has 2 heterocycles. The van der Waals surface area contributed by atoms with E-state index in [1.165, 1.54) is 17.0 Å². The number of amides is 1. The smallest absolute Gasteiger partial charge is 0.322 e. The van der Waals surface area contributed by atoms with Gasteiger partial charge in [-0.25, -0.2) is 0 Å². The molecular formula is C21H18ClF3N4O. The molecule has 0 N–H and O–H groups in total. The largest absolute Gasteiger partial charge is 0.417 e. The molecule has 0 saturated heterocycles. The van der Waals surface area contributed by atoms with Gasteiger partial charge in [-0.1, -0.05) is 54.9 Å². The van der Waals surface area contributed by atoms with Crippen molar-refractivity contribution in [2.45, 2.75) is 32.1 Å². The van der Waals surface area contributed by atoms with Crippen LogP contribution in [0.15, 0.2) is 48.5 Å². The second-order valence-electron chi connectivity index (χ2n) is 6.96. The lowest BCUT2D eigenvalue weighted by Crippen LogP contribution is -2.43. The lowest BCUT2D eigenvalue weighted by molar-refractivity contribution is -0.137. The molecule has 9 heteroatoms. The van der Waals surface area contributed by atoms with E-state index in [1.54, 1.807) is 0 Å². The van der Waals surface area contributed by atoms with Gasteiger partial charge in [0.15, 0.2) is 5.82 Å². The molecule has 1 aliphatic heterocycles. The summed E-state index contributed by atoms with van der Waals surface area (Å²) in [5, 5.41) is 7.93. The van der Waals surface area contributed by atoms with Crippen molar-refractivity contribution in [3.8, 4) is 0 Å². The Morgan fingerprint density at radius 3 is 2.50 bits per heavy atom.